The number of anilines is 2. The van der Waals surface area contributed by atoms with Crippen LogP contribution in [0.15, 0.2) is 109 Å². The monoisotopic (exact) mass is 720 g/mol. The number of phenolic OH excluding ortho intramolecular Hbond substituents is 2. The summed E-state index contributed by atoms with van der Waals surface area (Å²) in [5.41, 5.74) is 3.07. The van der Waals surface area contributed by atoms with Gasteiger partial charge in [-0.2, -0.15) is 0 Å². The van der Waals surface area contributed by atoms with Crippen molar-refractivity contribution in [2.45, 2.75) is 12.5 Å². The van der Waals surface area contributed by atoms with Gasteiger partial charge >= 0.3 is 0 Å². The summed E-state index contributed by atoms with van der Waals surface area (Å²) >= 11 is 0. The zero-order valence-electron chi connectivity index (χ0n) is 29.6. The minimum atomic E-state index is -0.526. The Labute approximate surface area is 312 Å². The highest BCUT2D eigenvalue weighted by Crippen LogP contribution is 2.42. The van der Waals surface area contributed by atoms with Crippen LogP contribution < -0.4 is 10.6 Å². The molecule has 272 valence electrons. The number of nitrogens with one attached hydrogen (secondary N) is 2. The lowest BCUT2D eigenvalue weighted by Gasteiger charge is -2.27. The van der Waals surface area contributed by atoms with Gasteiger partial charge in [-0.3, -0.25) is 19.4 Å². The van der Waals surface area contributed by atoms with E-state index in [1.54, 1.807) is 12.1 Å². The Balaban J connectivity index is 0.948. The van der Waals surface area contributed by atoms with E-state index >= 15 is 0 Å². The van der Waals surface area contributed by atoms with Crippen LogP contribution in [0, 0.1) is 0 Å². The molecule has 6 aromatic carbocycles. The fourth-order valence-corrected chi connectivity index (χ4v) is 8.13. The first-order valence-electron chi connectivity index (χ1n) is 18.4. The van der Waals surface area contributed by atoms with E-state index in [1.165, 1.54) is 22.9 Å². The number of carbonyl (C=O) groups is 2. The molecule has 6 aromatic rings. The lowest BCUT2D eigenvalue weighted by molar-refractivity contribution is 0.0347. The van der Waals surface area contributed by atoms with E-state index in [4.69, 9.17) is 9.47 Å². The van der Waals surface area contributed by atoms with Gasteiger partial charge in [0.2, 0.25) is 11.6 Å². The Morgan fingerprint density at radius 1 is 0.537 bits per heavy atom. The van der Waals surface area contributed by atoms with Crippen molar-refractivity contribution >= 4 is 44.5 Å². The van der Waals surface area contributed by atoms with Gasteiger partial charge in [-0.05, 0) is 69.1 Å². The van der Waals surface area contributed by atoms with Crippen molar-refractivity contribution in [2.75, 3.05) is 63.1 Å². The Kier molecular flexibility index (Phi) is 8.96. The quantitative estimate of drug-likeness (QED) is 0.109. The molecule has 9 rings (SSSR count). The molecule has 2 saturated heterocycles. The zero-order valence-corrected chi connectivity index (χ0v) is 29.6. The molecule has 54 heavy (non-hydrogen) atoms. The van der Waals surface area contributed by atoms with Gasteiger partial charge < -0.3 is 30.3 Å². The summed E-state index contributed by atoms with van der Waals surface area (Å²) < 4.78 is 12.3. The molecule has 0 radical (unpaired) electrons. The number of hydrogen-bond donors (Lipinski definition) is 4. The molecule has 1 aliphatic carbocycles. The second kappa shape index (κ2) is 14.2. The Morgan fingerprint density at radius 3 is 1.41 bits per heavy atom. The van der Waals surface area contributed by atoms with Crippen LogP contribution in [0.2, 0.25) is 0 Å². The van der Waals surface area contributed by atoms with E-state index in [-0.39, 0.29) is 46.2 Å². The maximum atomic E-state index is 14.2. The van der Waals surface area contributed by atoms with Gasteiger partial charge in [0.15, 0.2) is 0 Å². The molecular formula is C44H40N4O6. The lowest BCUT2D eigenvalue weighted by Crippen LogP contribution is -2.31. The molecule has 10 nitrogen and oxygen atoms in total. The number of carbonyl (C=O) groups excluding carboxylic acids is 2. The van der Waals surface area contributed by atoms with Gasteiger partial charge in [0.25, 0.3) is 0 Å². The van der Waals surface area contributed by atoms with Crippen molar-refractivity contribution in [3.8, 4) is 11.5 Å². The van der Waals surface area contributed by atoms with Crippen molar-refractivity contribution < 1.29 is 29.3 Å². The number of hydrogen-bond acceptors (Lipinski definition) is 10. The Bertz CT molecular complexity index is 2260. The van der Waals surface area contributed by atoms with Crippen molar-refractivity contribution in [1.29, 1.82) is 0 Å². The summed E-state index contributed by atoms with van der Waals surface area (Å²) in [6.07, 6.45) is -0.400. The Morgan fingerprint density at radius 2 is 0.963 bits per heavy atom. The number of nitrogens with zero attached hydrogens (tertiary/aromatic N) is 2. The summed E-state index contributed by atoms with van der Waals surface area (Å²) in [7, 11) is 0. The summed E-state index contributed by atoms with van der Waals surface area (Å²) in [5, 5.41) is 33.0. The van der Waals surface area contributed by atoms with Gasteiger partial charge in [-0.15, -0.1) is 0 Å². The van der Waals surface area contributed by atoms with E-state index < -0.39 is 11.6 Å². The van der Waals surface area contributed by atoms with E-state index in [1.807, 2.05) is 24.3 Å². The molecule has 4 N–H and O–H groups in total. The highest BCUT2D eigenvalue weighted by Gasteiger charge is 2.38. The minimum Gasteiger partial charge on any atom is -0.507 e. The van der Waals surface area contributed by atoms with Gasteiger partial charge in [0, 0.05) is 50.6 Å². The van der Waals surface area contributed by atoms with E-state index in [9.17, 15) is 19.8 Å². The molecule has 2 aliphatic heterocycles. The summed E-state index contributed by atoms with van der Waals surface area (Å²) in [4.78, 5) is 32.9. The zero-order chi connectivity index (χ0) is 36.8. The SMILES string of the molecule is O=C1c2c(O)ccc(O)c2C(=O)c2c(NCCN3CCOC3c3ccc4ccccc4c3)ccc(NCCN3CCOC3c3ccc4ccccc4c3)c21. The lowest BCUT2D eigenvalue weighted by atomic mass is 9.81. The predicted molar refractivity (Wildman–Crippen MR) is 208 cm³/mol. The van der Waals surface area contributed by atoms with Crippen molar-refractivity contribution in [3.05, 3.63) is 143 Å². The van der Waals surface area contributed by atoms with E-state index in [0.29, 0.717) is 50.8 Å². The first-order valence-corrected chi connectivity index (χ1v) is 18.4. The largest absolute Gasteiger partial charge is 0.507 e. The van der Waals surface area contributed by atoms with Gasteiger partial charge in [0.1, 0.15) is 24.0 Å². The molecule has 2 fully saturated rings. The first kappa shape index (κ1) is 34.0. The van der Waals surface area contributed by atoms with Crippen LogP contribution >= 0.6 is 0 Å². The van der Waals surface area contributed by atoms with Crippen LogP contribution in [-0.4, -0.2) is 84.1 Å². The van der Waals surface area contributed by atoms with Crippen molar-refractivity contribution in [2.24, 2.45) is 0 Å². The van der Waals surface area contributed by atoms with E-state index in [2.05, 4.69) is 81.1 Å². The molecule has 2 atom stereocenters. The number of ketones is 2. The maximum absolute atomic E-state index is 14.2. The molecule has 2 unspecified atom stereocenters. The fourth-order valence-electron chi connectivity index (χ4n) is 8.13. The van der Waals surface area contributed by atoms with Gasteiger partial charge in [0.05, 0.1) is 35.5 Å². The molecule has 0 spiro atoms. The molecular weight excluding hydrogens is 681 g/mol. The van der Waals surface area contributed by atoms with Crippen molar-refractivity contribution in [3.63, 3.8) is 0 Å². The van der Waals surface area contributed by atoms with Crippen LogP contribution in [0.1, 0.15) is 55.4 Å². The summed E-state index contributed by atoms with van der Waals surface area (Å²) in [5.74, 6) is -1.75. The smallest absolute Gasteiger partial charge is 0.200 e. The summed E-state index contributed by atoms with van der Waals surface area (Å²) in [6.45, 7) is 4.89. The van der Waals surface area contributed by atoms with Crippen LogP contribution in [0.5, 0.6) is 11.5 Å². The average Bonchev–Trinajstić information content (AvgIpc) is 3.88. The molecule has 0 amide bonds. The topological polar surface area (TPSA) is 124 Å². The minimum absolute atomic E-state index is 0.167. The molecule has 0 saturated carbocycles. The van der Waals surface area contributed by atoms with Gasteiger partial charge in [-0.1, -0.05) is 72.8 Å². The third kappa shape index (κ3) is 6.13. The van der Waals surface area contributed by atoms with E-state index in [0.717, 1.165) is 35.0 Å². The highest BCUT2D eigenvalue weighted by atomic mass is 16.5. The number of fused-ring (bicyclic) bond motifs is 4. The highest BCUT2D eigenvalue weighted by molar-refractivity contribution is 6.33. The number of benzene rings is 6. The standard InChI is InChI=1S/C44H40N4O6/c49-35-15-16-36(50)40-39(35)41(51)37-33(45-17-19-47-21-23-53-43(47)31-11-9-27-5-1-3-7-29(27)25-31)13-14-34(38(37)42(40)52)46-18-20-48-22-24-54-44(48)32-12-10-28-6-2-4-8-30(28)26-32/h1-16,25-26,43-46,49-50H,17-24H2. The van der Waals surface area contributed by atoms with Crippen molar-refractivity contribution in [1.82, 2.24) is 9.80 Å². The predicted octanol–water partition coefficient (Wildman–Crippen LogP) is 7.07. The first-order chi connectivity index (χ1) is 26.4. The average molecular weight is 721 g/mol. The molecule has 0 bridgehead atoms. The number of phenols is 2. The second-order valence-electron chi connectivity index (χ2n) is 14.0. The second-order valence-corrected chi connectivity index (χ2v) is 14.0. The fraction of sp³-hybridized carbons (Fsp3) is 0.227. The third-order valence-electron chi connectivity index (χ3n) is 10.8. The van der Waals surface area contributed by atoms with Crippen LogP contribution in [0.3, 0.4) is 0 Å². The normalized spacial score (nSPS) is 18.7. The van der Waals surface area contributed by atoms with Gasteiger partial charge in [-0.25, -0.2) is 0 Å². The van der Waals surface area contributed by atoms with Crippen LogP contribution in [0.4, 0.5) is 11.4 Å². The Hall–Kier alpha value is -5.78. The number of ether oxygens (including phenoxy) is 2. The summed E-state index contributed by atoms with van der Waals surface area (Å²) in [6, 6.07) is 35.3. The van der Waals surface area contributed by atoms with Crippen LogP contribution in [0.25, 0.3) is 21.5 Å². The number of rotatable bonds is 10. The third-order valence-corrected chi connectivity index (χ3v) is 10.8. The molecule has 2 heterocycles. The maximum Gasteiger partial charge on any atom is 0.200 e. The molecule has 0 aromatic heterocycles. The number of aromatic hydroxyl groups is 2. The molecule has 10 heteroatoms. The molecule has 3 aliphatic rings. The van der Waals surface area contributed by atoms with Crippen LogP contribution in [-0.2, 0) is 9.47 Å².